The van der Waals surface area contributed by atoms with Crippen molar-refractivity contribution in [3.63, 3.8) is 0 Å². The van der Waals surface area contributed by atoms with Crippen LogP contribution in [0.1, 0.15) is 5.76 Å². The molecular weight excluding hydrogens is 142 g/mol. The van der Waals surface area contributed by atoms with Gasteiger partial charge >= 0.3 is 0 Å². The molecule has 4 nitrogen and oxygen atoms in total. The molecule has 56 valence electrons. The van der Waals surface area contributed by atoms with Crippen molar-refractivity contribution in [2.45, 2.75) is 6.92 Å². The van der Waals surface area contributed by atoms with Crippen molar-refractivity contribution < 1.29 is 4.42 Å². The number of aromatic amines is 1. The van der Waals surface area contributed by atoms with Gasteiger partial charge in [0.25, 0.3) is 0 Å². The number of nitrogens with zero attached hydrogens (tertiary/aromatic N) is 2. The van der Waals surface area contributed by atoms with Gasteiger partial charge in [0.1, 0.15) is 11.5 Å². The van der Waals surface area contributed by atoms with Crippen molar-refractivity contribution in [1.82, 2.24) is 15.2 Å². The monoisotopic (exact) mass is 149 g/mol. The molecule has 0 aliphatic heterocycles. The zero-order valence-electron chi connectivity index (χ0n) is 6.03. The minimum atomic E-state index is 0.811. The van der Waals surface area contributed by atoms with E-state index in [2.05, 4.69) is 15.2 Å². The molecule has 0 fully saturated rings. The number of nitrogens with one attached hydrogen (secondary N) is 1. The smallest absolute Gasteiger partial charge is 0.181 e. The topological polar surface area (TPSA) is 54.7 Å². The Morgan fingerprint density at radius 2 is 2.45 bits per heavy atom. The number of hydrogen-bond donors (Lipinski definition) is 1. The summed E-state index contributed by atoms with van der Waals surface area (Å²) < 4.78 is 5.04. The largest absolute Gasteiger partial charge is 0.448 e. The molecule has 2 rings (SSSR count). The van der Waals surface area contributed by atoms with Crippen LogP contribution in [0.3, 0.4) is 0 Å². The summed E-state index contributed by atoms with van der Waals surface area (Å²) >= 11 is 0. The molecule has 4 heteroatoms. The van der Waals surface area contributed by atoms with Crippen LogP contribution < -0.4 is 0 Å². The van der Waals surface area contributed by atoms with Crippen LogP contribution in [0, 0.1) is 6.92 Å². The number of hydrogen-bond acceptors (Lipinski definition) is 3. The third kappa shape index (κ3) is 0.920. The van der Waals surface area contributed by atoms with Gasteiger partial charge in [-0.25, -0.2) is 4.98 Å². The van der Waals surface area contributed by atoms with E-state index in [1.54, 1.807) is 12.4 Å². The molecule has 0 aliphatic rings. The van der Waals surface area contributed by atoms with Crippen molar-refractivity contribution >= 4 is 0 Å². The Kier molecular flexibility index (Phi) is 1.25. The zero-order valence-corrected chi connectivity index (χ0v) is 6.03. The van der Waals surface area contributed by atoms with Crippen molar-refractivity contribution in [2.75, 3.05) is 0 Å². The molecule has 0 saturated carbocycles. The summed E-state index contributed by atoms with van der Waals surface area (Å²) in [5.41, 5.74) is 1.80. The first-order chi connectivity index (χ1) is 5.38. The highest BCUT2D eigenvalue weighted by molar-refractivity contribution is 5.58. The Hall–Kier alpha value is -1.58. The fourth-order valence-corrected chi connectivity index (χ4v) is 0.963. The standard InChI is InChI=1S/C7H7N3O/c1-5-7(8-4-11-5)6-2-9-10-3-6/h2-4H,1H3,(H,9,10). The Morgan fingerprint density at radius 3 is 3.00 bits per heavy atom. The molecule has 0 aliphatic carbocycles. The molecule has 0 radical (unpaired) electrons. The molecule has 0 saturated heterocycles. The predicted molar refractivity (Wildman–Crippen MR) is 38.8 cm³/mol. The van der Waals surface area contributed by atoms with Gasteiger partial charge in [-0.1, -0.05) is 0 Å². The molecule has 2 heterocycles. The molecule has 0 amide bonds. The first-order valence-corrected chi connectivity index (χ1v) is 3.27. The van der Waals surface area contributed by atoms with E-state index in [1.807, 2.05) is 6.92 Å². The van der Waals surface area contributed by atoms with Crippen LogP contribution in [0.25, 0.3) is 11.3 Å². The maximum atomic E-state index is 5.04. The summed E-state index contributed by atoms with van der Waals surface area (Å²) in [5, 5.41) is 6.53. The third-order valence-corrected chi connectivity index (χ3v) is 1.52. The van der Waals surface area contributed by atoms with Crippen molar-refractivity contribution in [1.29, 1.82) is 0 Å². The van der Waals surface area contributed by atoms with Gasteiger partial charge < -0.3 is 4.42 Å². The Labute approximate surface area is 63.3 Å². The van der Waals surface area contributed by atoms with E-state index in [4.69, 9.17) is 4.42 Å². The van der Waals surface area contributed by atoms with Crippen LogP contribution in [-0.2, 0) is 0 Å². The second-order valence-corrected chi connectivity index (χ2v) is 2.24. The molecule has 2 aromatic rings. The highest BCUT2D eigenvalue weighted by Gasteiger charge is 2.05. The van der Waals surface area contributed by atoms with E-state index in [1.165, 1.54) is 6.39 Å². The van der Waals surface area contributed by atoms with Crippen molar-refractivity contribution in [3.05, 3.63) is 24.5 Å². The predicted octanol–water partition coefficient (Wildman–Crippen LogP) is 1.37. The molecular formula is C7H7N3O. The normalized spacial score (nSPS) is 10.3. The summed E-state index contributed by atoms with van der Waals surface area (Å²) in [4.78, 5) is 4.03. The maximum absolute atomic E-state index is 5.04. The van der Waals surface area contributed by atoms with E-state index in [0.717, 1.165) is 17.0 Å². The molecule has 0 atom stereocenters. The Balaban J connectivity index is 2.53. The lowest BCUT2D eigenvalue weighted by Crippen LogP contribution is -1.75. The highest BCUT2D eigenvalue weighted by Crippen LogP contribution is 2.18. The lowest BCUT2D eigenvalue weighted by atomic mass is 10.2. The van der Waals surface area contributed by atoms with Gasteiger partial charge in [-0.2, -0.15) is 5.10 Å². The second-order valence-electron chi connectivity index (χ2n) is 2.24. The lowest BCUT2D eigenvalue weighted by Gasteiger charge is -1.87. The van der Waals surface area contributed by atoms with Gasteiger partial charge in [-0.05, 0) is 6.92 Å². The van der Waals surface area contributed by atoms with Crippen LogP contribution in [0.15, 0.2) is 23.2 Å². The van der Waals surface area contributed by atoms with Crippen LogP contribution in [-0.4, -0.2) is 15.2 Å². The minimum Gasteiger partial charge on any atom is -0.448 e. The van der Waals surface area contributed by atoms with Gasteiger partial charge in [0, 0.05) is 11.8 Å². The third-order valence-electron chi connectivity index (χ3n) is 1.52. The van der Waals surface area contributed by atoms with Crippen molar-refractivity contribution in [3.8, 4) is 11.3 Å². The summed E-state index contributed by atoms with van der Waals surface area (Å²) in [6, 6.07) is 0. The zero-order chi connectivity index (χ0) is 7.68. The second kappa shape index (κ2) is 2.23. The molecule has 11 heavy (non-hydrogen) atoms. The number of aromatic nitrogens is 3. The van der Waals surface area contributed by atoms with Gasteiger partial charge in [0.15, 0.2) is 6.39 Å². The van der Waals surface area contributed by atoms with Crippen LogP contribution >= 0.6 is 0 Å². The quantitative estimate of drug-likeness (QED) is 0.666. The minimum absolute atomic E-state index is 0.811. The molecule has 1 N–H and O–H groups in total. The van der Waals surface area contributed by atoms with Gasteiger partial charge in [-0.15, -0.1) is 0 Å². The Bertz CT molecular complexity index is 336. The molecule has 0 unspecified atom stereocenters. The van der Waals surface area contributed by atoms with Crippen LogP contribution in [0.4, 0.5) is 0 Å². The SMILES string of the molecule is Cc1ocnc1-c1cn[nH]c1. The number of aryl methyl sites for hydroxylation is 1. The first-order valence-electron chi connectivity index (χ1n) is 3.27. The Morgan fingerprint density at radius 1 is 1.55 bits per heavy atom. The summed E-state index contributed by atoms with van der Waals surface area (Å²) in [5.74, 6) is 0.811. The molecule has 0 spiro atoms. The van der Waals surface area contributed by atoms with Crippen LogP contribution in [0.5, 0.6) is 0 Å². The van der Waals surface area contributed by atoms with E-state index < -0.39 is 0 Å². The summed E-state index contributed by atoms with van der Waals surface area (Å²) in [6.07, 6.45) is 4.92. The number of rotatable bonds is 1. The van der Waals surface area contributed by atoms with Crippen LogP contribution in [0.2, 0.25) is 0 Å². The fourth-order valence-electron chi connectivity index (χ4n) is 0.963. The van der Waals surface area contributed by atoms with Gasteiger partial charge in [-0.3, -0.25) is 5.10 Å². The average Bonchev–Trinajstić information content (AvgIpc) is 2.55. The average molecular weight is 149 g/mol. The molecule has 0 aromatic carbocycles. The van der Waals surface area contributed by atoms with E-state index >= 15 is 0 Å². The highest BCUT2D eigenvalue weighted by atomic mass is 16.3. The maximum Gasteiger partial charge on any atom is 0.181 e. The molecule has 2 aromatic heterocycles. The van der Waals surface area contributed by atoms with Gasteiger partial charge in [0.05, 0.1) is 6.20 Å². The lowest BCUT2D eigenvalue weighted by molar-refractivity contribution is 0.527. The van der Waals surface area contributed by atoms with Crippen molar-refractivity contribution in [2.24, 2.45) is 0 Å². The first kappa shape index (κ1) is 6.15. The summed E-state index contributed by atoms with van der Waals surface area (Å²) in [6.45, 7) is 1.87. The van der Waals surface area contributed by atoms with E-state index in [-0.39, 0.29) is 0 Å². The van der Waals surface area contributed by atoms with E-state index in [0.29, 0.717) is 0 Å². The number of oxazole rings is 1. The van der Waals surface area contributed by atoms with Gasteiger partial charge in [0.2, 0.25) is 0 Å². The molecule has 0 bridgehead atoms. The fraction of sp³-hybridized carbons (Fsp3) is 0.143. The van der Waals surface area contributed by atoms with E-state index in [9.17, 15) is 0 Å². The summed E-state index contributed by atoms with van der Waals surface area (Å²) in [7, 11) is 0. The number of H-pyrrole nitrogens is 1.